The first kappa shape index (κ1) is 7.16. The van der Waals surface area contributed by atoms with E-state index in [9.17, 15) is 4.79 Å². The molecular formula is C9H10N2O. The summed E-state index contributed by atoms with van der Waals surface area (Å²) in [4.78, 5) is 11.0. The minimum atomic E-state index is -0.337. The zero-order valence-electron chi connectivity index (χ0n) is 6.63. The lowest BCUT2D eigenvalue weighted by molar-refractivity contribution is 0.0999. The highest BCUT2D eigenvalue weighted by molar-refractivity contribution is 5.96. The third-order valence-electron chi connectivity index (χ3n) is 2.13. The summed E-state index contributed by atoms with van der Waals surface area (Å²) in [6.45, 7) is 0.902. The predicted molar refractivity (Wildman–Crippen MR) is 47.2 cm³/mol. The van der Waals surface area contributed by atoms with Crippen molar-refractivity contribution in [3.05, 3.63) is 29.3 Å². The van der Waals surface area contributed by atoms with Crippen molar-refractivity contribution in [3.63, 3.8) is 0 Å². The Kier molecular flexibility index (Phi) is 1.50. The van der Waals surface area contributed by atoms with Gasteiger partial charge in [0.05, 0.1) is 0 Å². The molecule has 0 spiro atoms. The van der Waals surface area contributed by atoms with E-state index in [0.717, 1.165) is 24.2 Å². The van der Waals surface area contributed by atoms with Crippen LogP contribution >= 0.6 is 0 Å². The highest BCUT2D eigenvalue weighted by Crippen LogP contribution is 2.24. The monoisotopic (exact) mass is 162 g/mol. The molecule has 0 unspecified atom stereocenters. The minimum Gasteiger partial charge on any atom is -0.384 e. The molecule has 0 saturated heterocycles. The van der Waals surface area contributed by atoms with Gasteiger partial charge in [-0.05, 0) is 24.1 Å². The second-order valence-electron chi connectivity index (χ2n) is 2.87. The molecule has 1 aliphatic rings. The number of hydrogen-bond acceptors (Lipinski definition) is 2. The summed E-state index contributed by atoms with van der Waals surface area (Å²) in [5.41, 5.74) is 7.98. The van der Waals surface area contributed by atoms with E-state index in [1.165, 1.54) is 0 Å². The van der Waals surface area contributed by atoms with Crippen LogP contribution < -0.4 is 11.1 Å². The number of hydrogen-bond donors (Lipinski definition) is 2. The molecule has 3 heteroatoms. The highest BCUT2D eigenvalue weighted by Gasteiger charge is 2.15. The number of nitrogens with two attached hydrogens (primary N) is 1. The molecule has 62 valence electrons. The maximum Gasteiger partial charge on any atom is 0.249 e. The summed E-state index contributed by atoms with van der Waals surface area (Å²) in [5, 5.41) is 3.19. The van der Waals surface area contributed by atoms with Crippen LogP contribution in [0.4, 0.5) is 5.69 Å². The number of amides is 1. The summed E-state index contributed by atoms with van der Waals surface area (Å²) in [6, 6.07) is 5.58. The SMILES string of the molecule is NC(=O)c1cccc2c1CCN2. The minimum absolute atomic E-state index is 0.337. The first-order chi connectivity index (χ1) is 5.79. The maximum absolute atomic E-state index is 11.0. The molecule has 0 bridgehead atoms. The fourth-order valence-electron chi connectivity index (χ4n) is 1.57. The van der Waals surface area contributed by atoms with Gasteiger partial charge in [-0.25, -0.2) is 0 Å². The van der Waals surface area contributed by atoms with Gasteiger partial charge in [0.1, 0.15) is 0 Å². The van der Waals surface area contributed by atoms with Gasteiger partial charge >= 0.3 is 0 Å². The summed E-state index contributed by atoms with van der Waals surface area (Å²) >= 11 is 0. The van der Waals surface area contributed by atoms with Crippen molar-refractivity contribution in [2.45, 2.75) is 6.42 Å². The maximum atomic E-state index is 11.0. The molecule has 1 amide bonds. The van der Waals surface area contributed by atoms with Crippen LogP contribution in [0.1, 0.15) is 15.9 Å². The highest BCUT2D eigenvalue weighted by atomic mass is 16.1. The van der Waals surface area contributed by atoms with Gasteiger partial charge < -0.3 is 11.1 Å². The second-order valence-corrected chi connectivity index (χ2v) is 2.87. The smallest absolute Gasteiger partial charge is 0.249 e. The van der Waals surface area contributed by atoms with E-state index in [-0.39, 0.29) is 5.91 Å². The number of nitrogens with one attached hydrogen (secondary N) is 1. The van der Waals surface area contributed by atoms with Gasteiger partial charge in [-0.15, -0.1) is 0 Å². The van der Waals surface area contributed by atoms with E-state index >= 15 is 0 Å². The van der Waals surface area contributed by atoms with Crippen LogP contribution in [-0.4, -0.2) is 12.5 Å². The van der Waals surface area contributed by atoms with E-state index in [1.54, 1.807) is 6.07 Å². The van der Waals surface area contributed by atoms with E-state index in [4.69, 9.17) is 5.73 Å². The van der Waals surface area contributed by atoms with Crippen molar-refractivity contribution in [1.82, 2.24) is 0 Å². The molecule has 3 nitrogen and oxygen atoms in total. The standard InChI is InChI=1S/C9H10N2O/c10-9(12)7-2-1-3-8-6(7)4-5-11-8/h1-3,11H,4-5H2,(H2,10,12). The van der Waals surface area contributed by atoms with Gasteiger partial charge in [0.2, 0.25) is 5.91 Å². The zero-order chi connectivity index (χ0) is 8.55. The lowest BCUT2D eigenvalue weighted by Crippen LogP contribution is -2.12. The van der Waals surface area contributed by atoms with Gasteiger partial charge in [0.25, 0.3) is 0 Å². The van der Waals surface area contributed by atoms with E-state index in [2.05, 4.69) is 5.32 Å². The third kappa shape index (κ3) is 0.942. The number of benzene rings is 1. The molecule has 1 heterocycles. The Morgan fingerprint density at radius 2 is 2.33 bits per heavy atom. The Hall–Kier alpha value is -1.51. The van der Waals surface area contributed by atoms with Crippen molar-refractivity contribution in [1.29, 1.82) is 0 Å². The number of primary amides is 1. The van der Waals surface area contributed by atoms with E-state index in [1.807, 2.05) is 12.1 Å². The van der Waals surface area contributed by atoms with Crippen molar-refractivity contribution in [2.75, 3.05) is 11.9 Å². The van der Waals surface area contributed by atoms with Crippen LogP contribution in [0.5, 0.6) is 0 Å². The molecule has 0 saturated carbocycles. The Morgan fingerprint density at radius 3 is 3.08 bits per heavy atom. The van der Waals surface area contributed by atoms with Crippen LogP contribution in [0.2, 0.25) is 0 Å². The molecule has 1 aromatic rings. The van der Waals surface area contributed by atoms with Crippen molar-refractivity contribution in [3.8, 4) is 0 Å². The number of anilines is 1. The number of carbonyl (C=O) groups is 1. The average molecular weight is 162 g/mol. The van der Waals surface area contributed by atoms with Crippen LogP contribution in [0.25, 0.3) is 0 Å². The van der Waals surface area contributed by atoms with E-state index in [0.29, 0.717) is 5.56 Å². The molecule has 0 aliphatic carbocycles. The second kappa shape index (κ2) is 2.52. The van der Waals surface area contributed by atoms with Crippen LogP contribution in [-0.2, 0) is 6.42 Å². The Bertz CT molecular complexity index is 333. The van der Waals surface area contributed by atoms with Gasteiger partial charge in [0.15, 0.2) is 0 Å². The Morgan fingerprint density at radius 1 is 1.50 bits per heavy atom. The molecule has 12 heavy (non-hydrogen) atoms. The summed E-state index contributed by atoms with van der Waals surface area (Å²) in [7, 11) is 0. The average Bonchev–Trinajstić information content (AvgIpc) is 2.49. The molecule has 3 N–H and O–H groups in total. The molecule has 0 radical (unpaired) electrons. The molecule has 2 rings (SSSR count). The van der Waals surface area contributed by atoms with Crippen molar-refractivity contribution < 1.29 is 4.79 Å². The Labute approximate surface area is 70.6 Å². The van der Waals surface area contributed by atoms with Crippen molar-refractivity contribution in [2.24, 2.45) is 5.73 Å². The molecule has 1 aromatic carbocycles. The summed E-state index contributed by atoms with van der Waals surface area (Å²) in [6.07, 6.45) is 0.897. The van der Waals surface area contributed by atoms with Crippen molar-refractivity contribution >= 4 is 11.6 Å². The first-order valence-electron chi connectivity index (χ1n) is 3.94. The number of rotatable bonds is 1. The first-order valence-corrected chi connectivity index (χ1v) is 3.94. The summed E-state index contributed by atoms with van der Waals surface area (Å²) in [5.74, 6) is -0.337. The number of carbonyl (C=O) groups excluding carboxylic acids is 1. The largest absolute Gasteiger partial charge is 0.384 e. The van der Waals surface area contributed by atoms with Gasteiger partial charge in [-0.3, -0.25) is 4.79 Å². The fraction of sp³-hybridized carbons (Fsp3) is 0.222. The predicted octanol–water partition coefficient (Wildman–Crippen LogP) is 0.753. The van der Waals surface area contributed by atoms with Crippen LogP contribution in [0.3, 0.4) is 0 Å². The fourth-order valence-corrected chi connectivity index (χ4v) is 1.57. The van der Waals surface area contributed by atoms with Gasteiger partial charge in [-0.2, -0.15) is 0 Å². The van der Waals surface area contributed by atoms with E-state index < -0.39 is 0 Å². The molecular weight excluding hydrogens is 152 g/mol. The third-order valence-corrected chi connectivity index (χ3v) is 2.13. The van der Waals surface area contributed by atoms with Crippen LogP contribution in [0, 0.1) is 0 Å². The number of fused-ring (bicyclic) bond motifs is 1. The molecule has 0 fully saturated rings. The molecule has 1 aliphatic heterocycles. The lowest BCUT2D eigenvalue weighted by Gasteiger charge is -2.02. The molecule has 0 aromatic heterocycles. The topological polar surface area (TPSA) is 55.1 Å². The van der Waals surface area contributed by atoms with Crippen LogP contribution in [0.15, 0.2) is 18.2 Å². The quantitative estimate of drug-likeness (QED) is 0.640. The van der Waals surface area contributed by atoms with Gasteiger partial charge in [0, 0.05) is 17.8 Å². The van der Waals surface area contributed by atoms with Gasteiger partial charge in [-0.1, -0.05) is 6.07 Å². The normalized spacial score (nSPS) is 13.7. The lowest BCUT2D eigenvalue weighted by atomic mass is 10.0. The summed E-state index contributed by atoms with van der Waals surface area (Å²) < 4.78 is 0. The zero-order valence-corrected chi connectivity index (χ0v) is 6.63. The molecule has 0 atom stereocenters. The Balaban J connectivity index is 2.56.